The minimum Gasteiger partial charge on any atom is -0.483 e. The van der Waals surface area contributed by atoms with Crippen molar-refractivity contribution >= 4 is 70.5 Å². The van der Waals surface area contributed by atoms with Gasteiger partial charge in [-0.15, -0.1) is 11.3 Å². The van der Waals surface area contributed by atoms with Gasteiger partial charge in [0, 0.05) is 77.3 Å². The van der Waals surface area contributed by atoms with Crippen LogP contribution in [0.25, 0.3) is 53.2 Å². The summed E-state index contributed by atoms with van der Waals surface area (Å²) < 4.78 is 15.2. The van der Waals surface area contributed by atoms with E-state index in [-0.39, 0.29) is 12.0 Å². The fourth-order valence-electron chi connectivity index (χ4n) is 7.17. The van der Waals surface area contributed by atoms with E-state index in [9.17, 15) is 0 Å². The van der Waals surface area contributed by atoms with Gasteiger partial charge in [0.15, 0.2) is 0 Å². The summed E-state index contributed by atoms with van der Waals surface area (Å²) in [5.74, 6) is 1.06. The number of hydrogen-bond acceptors (Lipinski definition) is 5. The molecule has 2 unspecified atom stereocenters. The molecule has 0 spiro atoms. The highest BCUT2D eigenvalue weighted by atomic mass is 32.1. The van der Waals surface area contributed by atoms with Gasteiger partial charge in [-0.25, -0.2) is 0 Å². The number of pyridine rings is 1. The Labute approximate surface area is 269 Å². The van der Waals surface area contributed by atoms with Crippen LogP contribution in [-0.4, -0.2) is 11.1 Å². The molecule has 4 heterocycles. The van der Waals surface area contributed by atoms with Crippen LogP contribution in [0.4, 0.5) is 17.1 Å². The summed E-state index contributed by atoms with van der Waals surface area (Å²) in [5, 5.41) is 4.79. The Bertz CT molecular complexity index is 2540. The highest BCUT2D eigenvalue weighted by molar-refractivity contribution is 7.25. The highest BCUT2D eigenvalue weighted by Crippen LogP contribution is 2.47. The van der Waals surface area contributed by atoms with E-state index in [0.29, 0.717) is 0 Å². The number of benzene rings is 5. The number of para-hydroxylation sites is 1. The number of nitrogens with zero attached hydrogens (tertiary/aromatic N) is 2. The third kappa shape index (κ3) is 3.88. The van der Waals surface area contributed by atoms with Crippen molar-refractivity contribution in [1.82, 2.24) is 4.98 Å². The van der Waals surface area contributed by atoms with Crippen LogP contribution in [0.3, 0.4) is 0 Å². The molecule has 218 valence electrons. The number of anilines is 3. The van der Waals surface area contributed by atoms with Gasteiger partial charge < -0.3 is 14.1 Å². The van der Waals surface area contributed by atoms with Crippen LogP contribution >= 0.6 is 11.3 Å². The van der Waals surface area contributed by atoms with Crippen LogP contribution in [0.1, 0.15) is 11.5 Å². The quantitative estimate of drug-likeness (QED) is 0.199. The number of allylic oxidation sites excluding steroid dienone is 2. The van der Waals surface area contributed by atoms with Gasteiger partial charge in [-0.05, 0) is 66.2 Å². The average molecular weight is 611 g/mol. The number of thiophene rings is 1. The van der Waals surface area contributed by atoms with E-state index in [1.165, 1.54) is 25.7 Å². The van der Waals surface area contributed by atoms with Crippen molar-refractivity contribution in [3.63, 3.8) is 0 Å². The number of fused-ring (bicyclic) bond motifs is 9. The van der Waals surface area contributed by atoms with Gasteiger partial charge in [-0.1, -0.05) is 66.8 Å². The van der Waals surface area contributed by atoms with Gasteiger partial charge in [0.1, 0.15) is 23.0 Å². The van der Waals surface area contributed by atoms with Crippen LogP contribution < -0.4 is 9.64 Å². The van der Waals surface area contributed by atoms with Crippen molar-refractivity contribution < 1.29 is 9.15 Å². The first kappa shape index (κ1) is 25.7. The molecule has 0 saturated heterocycles. The molecule has 0 saturated carbocycles. The molecule has 5 aromatic carbocycles. The average Bonchev–Trinajstić information content (AvgIpc) is 3.79. The maximum Gasteiger partial charge on any atom is 0.143 e. The zero-order valence-electron chi connectivity index (χ0n) is 24.6. The van der Waals surface area contributed by atoms with Gasteiger partial charge in [-0.2, -0.15) is 0 Å². The summed E-state index contributed by atoms with van der Waals surface area (Å²) in [6, 6.07) is 39.0. The van der Waals surface area contributed by atoms with E-state index in [1.807, 2.05) is 35.9 Å². The van der Waals surface area contributed by atoms with E-state index in [2.05, 4.69) is 131 Å². The Morgan fingerprint density at radius 2 is 1.35 bits per heavy atom. The predicted molar refractivity (Wildman–Crippen MR) is 190 cm³/mol. The Morgan fingerprint density at radius 1 is 0.609 bits per heavy atom. The molecule has 46 heavy (non-hydrogen) atoms. The third-order valence-electron chi connectivity index (χ3n) is 9.31. The van der Waals surface area contributed by atoms with Gasteiger partial charge in [0.2, 0.25) is 0 Å². The van der Waals surface area contributed by atoms with Crippen LogP contribution in [0, 0.1) is 0 Å². The zero-order valence-corrected chi connectivity index (χ0v) is 25.4. The Kier molecular flexibility index (Phi) is 5.54. The lowest BCUT2D eigenvalue weighted by Crippen LogP contribution is -2.15. The van der Waals surface area contributed by atoms with E-state index in [0.717, 1.165) is 55.9 Å². The molecule has 4 nitrogen and oxygen atoms in total. The number of hydrogen-bond donors (Lipinski definition) is 0. The fourth-order valence-corrected chi connectivity index (χ4v) is 8.26. The van der Waals surface area contributed by atoms with Crippen LogP contribution in [0.5, 0.6) is 5.75 Å². The van der Waals surface area contributed by atoms with Crippen LogP contribution in [0.15, 0.2) is 150 Å². The normalized spacial score (nSPS) is 16.7. The van der Waals surface area contributed by atoms with Crippen molar-refractivity contribution in [2.45, 2.75) is 12.0 Å². The molecular formula is C41H26N2O2S. The van der Waals surface area contributed by atoms with Gasteiger partial charge in [-0.3, -0.25) is 4.98 Å². The van der Waals surface area contributed by atoms with Crippen LogP contribution in [-0.2, 0) is 0 Å². The lowest BCUT2D eigenvalue weighted by Gasteiger charge is -2.26. The van der Waals surface area contributed by atoms with Crippen molar-refractivity contribution in [3.05, 3.63) is 151 Å². The Hall–Kier alpha value is -5.65. The summed E-state index contributed by atoms with van der Waals surface area (Å²) in [4.78, 5) is 6.87. The maximum absolute atomic E-state index is 6.34. The second kappa shape index (κ2) is 9.93. The lowest BCUT2D eigenvalue weighted by molar-refractivity contribution is 0.268. The Morgan fingerprint density at radius 3 is 2.28 bits per heavy atom. The monoisotopic (exact) mass is 610 g/mol. The first-order chi connectivity index (χ1) is 22.8. The van der Waals surface area contributed by atoms with Gasteiger partial charge in [0.25, 0.3) is 0 Å². The highest BCUT2D eigenvalue weighted by Gasteiger charge is 2.34. The molecule has 0 radical (unpaired) electrons. The minimum absolute atomic E-state index is 0.0222. The first-order valence-electron chi connectivity index (χ1n) is 15.5. The minimum atomic E-state index is 0.0222. The number of aromatic nitrogens is 1. The fraction of sp³-hybridized carbons (Fsp3) is 0.0488. The molecule has 0 fully saturated rings. The summed E-state index contributed by atoms with van der Waals surface area (Å²) in [7, 11) is 0. The topological polar surface area (TPSA) is 38.5 Å². The zero-order chi connectivity index (χ0) is 30.2. The molecule has 2 atom stereocenters. The van der Waals surface area contributed by atoms with Crippen molar-refractivity contribution in [1.29, 1.82) is 0 Å². The maximum atomic E-state index is 6.34. The molecule has 0 N–H and O–H groups in total. The number of furan rings is 1. The standard InChI is InChI=1S/C41H26N2O2S/c1-4-10-35-29(7-1)30-19-17-28(22-37(30)44-35)43(27-18-20-40-33(21-27)31-8-3-6-12-39(31)46-40)26-15-13-25(14-16-26)34-23-42-24-38-41(34)32-9-2-5-11-36(32)45-38/h1-24,32,36H. The number of rotatable bonds is 4. The lowest BCUT2D eigenvalue weighted by atomic mass is 9.87. The number of ether oxygens (including phenoxy) is 1. The SMILES string of the molecule is C1=CC2Oc3cncc(-c4ccc(N(c5ccc6c(c5)oc5ccccc56)c5ccc6sc7ccccc7c6c5)cc4)c3C2C=C1. The summed E-state index contributed by atoms with van der Waals surface area (Å²) in [5.41, 5.74) is 8.40. The van der Waals surface area contributed by atoms with E-state index < -0.39 is 0 Å². The van der Waals surface area contributed by atoms with E-state index in [4.69, 9.17) is 9.15 Å². The predicted octanol–water partition coefficient (Wildman–Crippen LogP) is 11.5. The smallest absolute Gasteiger partial charge is 0.143 e. The third-order valence-corrected chi connectivity index (χ3v) is 10.5. The largest absolute Gasteiger partial charge is 0.483 e. The molecule has 5 heteroatoms. The molecule has 1 aliphatic heterocycles. The molecule has 0 amide bonds. The Balaban J connectivity index is 1.12. The molecule has 10 rings (SSSR count). The molecular weight excluding hydrogens is 585 g/mol. The summed E-state index contributed by atoms with van der Waals surface area (Å²) in [6.45, 7) is 0. The molecule has 8 aromatic rings. The van der Waals surface area contributed by atoms with Crippen molar-refractivity contribution in [3.8, 4) is 16.9 Å². The molecule has 0 bridgehead atoms. The summed E-state index contributed by atoms with van der Waals surface area (Å²) in [6.07, 6.45) is 12.4. The van der Waals surface area contributed by atoms with Crippen LogP contribution in [0.2, 0.25) is 0 Å². The van der Waals surface area contributed by atoms with E-state index >= 15 is 0 Å². The molecule has 1 aliphatic carbocycles. The van der Waals surface area contributed by atoms with Crippen molar-refractivity contribution in [2.75, 3.05) is 4.90 Å². The summed E-state index contributed by atoms with van der Waals surface area (Å²) >= 11 is 1.84. The second-order valence-electron chi connectivity index (χ2n) is 11.9. The van der Waals surface area contributed by atoms with Gasteiger partial charge >= 0.3 is 0 Å². The van der Waals surface area contributed by atoms with E-state index in [1.54, 1.807) is 0 Å². The van der Waals surface area contributed by atoms with Gasteiger partial charge in [0.05, 0.1) is 6.20 Å². The second-order valence-corrected chi connectivity index (χ2v) is 13.0. The molecule has 2 aliphatic rings. The first-order valence-corrected chi connectivity index (χ1v) is 16.3. The van der Waals surface area contributed by atoms with Crippen molar-refractivity contribution in [2.24, 2.45) is 0 Å². The molecule has 3 aromatic heterocycles.